The Morgan fingerprint density at radius 3 is 2.71 bits per heavy atom. The first-order chi connectivity index (χ1) is 9.91. The van der Waals surface area contributed by atoms with Gasteiger partial charge in [-0.25, -0.2) is 8.42 Å². The number of carbonyl (C=O) groups is 1. The summed E-state index contributed by atoms with van der Waals surface area (Å²) in [5.74, 6) is -0.738. The zero-order valence-corrected chi connectivity index (χ0v) is 12.6. The Balaban J connectivity index is 2.80. The second-order valence-electron chi connectivity index (χ2n) is 4.00. The number of benzene rings is 1. The standard InChI is InChI=1S/C13H16N2O5S/c1-3-20-13(16)6-7-21(17,18)15-11-5-4-10(9-14)8-12(11)19-2/h4-5,8,15H,3,6-7H2,1-2H3. The number of sulfonamides is 1. The molecule has 114 valence electrons. The molecule has 0 aliphatic rings. The van der Waals surface area contributed by atoms with E-state index >= 15 is 0 Å². The third-order valence-corrected chi connectivity index (χ3v) is 3.75. The van der Waals surface area contributed by atoms with Crippen molar-refractivity contribution >= 4 is 21.7 Å². The number of carbonyl (C=O) groups excluding carboxylic acids is 1. The molecule has 0 amide bonds. The molecule has 0 atom stereocenters. The van der Waals surface area contributed by atoms with E-state index in [2.05, 4.69) is 9.46 Å². The Morgan fingerprint density at radius 1 is 1.43 bits per heavy atom. The summed E-state index contributed by atoms with van der Waals surface area (Å²) in [6.07, 6.45) is -0.234. The molecular formula is C13H16N2O5S. The average Bonchev–Trinajstić information content (AvgIpc) is 2.46. The first-order valence-corrected chi connectivity index (χ1v) is 7.81. The van der Waals surface area contributed by atoms with Crippen LogP contribution in [0.25, 0.3) is 0 Å². The van der Waals surface area contributed by atoms with Gasteiger partial charge in [-0.1, -0.05) is 0 Å². The molecule has 0 aliphatic carbocycles. The highest BCUT2D eigenvalue weighted by atomic mass is 32.2. The minimum Gasteiger partial charge on any atom is -0.495 e. The number of hydrogen-bond donors (Lipinski definition) is 1. The van der Waals surface area contributed by atoms with Crippen LogP contribution in [0, 0.1) is 11.3 Å². The van der Waals surface area contributed by atoms with Gasteiger partial charge < -0.3 is 9.47 Å². The fourth-order valence-electron chi connectivity index (χ4n) is 1.51. The number of anilines is 1. The number of ether oxygens (including phenoxy) is 2. The van der Waals surface area contributed by atoms with E-state index in [0.29, 0.717) is 5.56 Å². The number of nitrogens with zero attached hydrogens (tertiary/aromatic N) is 1. The molecule has 1 rings (SSSR count). The number of nitriles is 1. The third kappa shape index (κ3) is 5.31. The molecule has 0 unspecified atom stereocenters. The first-order valence-electron chi connectivity index (χ1n) is 6.16. The van der Waals surface area contributed by atoms with Gasteiger partial charge >= 0.3 is 5.97 Å². The normalized spacial score (nSPS) is 10.5. The summed E-state index contributed by atoms with van der Waals surface area (Å²) in [7, 11) is -2.35. The second-order valence-corrected chi connectivity index (χ2v) is 5.84. The summed E-state index contributed by atoms with van der Waals surface area (Å²) in [6.45, 7) is 1.85. The Bertz CT molecular complexity index is 649. The SMILES string of the molecule is CCOC(=O)CCS(=O)(=O)Nc1ccc(C#N)cc1OC. The van der Waals surface area contributed by atoms with E-state index in [9.17, 15) is 13.2 Å². The fourth-order valence-corrected chi connectivity index (χ4v) is 2.56. The Labute approximate surface area is 123 Å². The zero-order valence-electron chi connectivity index (χ0n) is 11.8. The zero-order chi connectivity index (χ0) is 15.9. The molecule has 0 spiro atoms. The molecule has 1 N–H and O–H groups in total. The molecule has 8 heteroatoms. The molecule has 0 bridgehead atoms. The summed E-state index contributed by atoms with van der Waals surface area (Å²) in [4.78, 5) is 11.2. The van der Waals surface area contributed by atoms with Gasteiger partial charge in [0.2, 0.25) is 10.0 Å². The van der Waals surface area contributed by atoms with Crippen LogP contribution in [0.5, 0.6) is 5.75 Å². The van der Waals surface area contributed by atoms with E-state index < -0.39 is 21.7 Å². The molecule has 0 heterocycles. The van der Waals surface area contributed by atoms with Crippen molar-refractivity contribution in [2.24, 2.45) is 0 Å². The van der Waals surface area contributed by atoms with Crippen LogP contribution in [0.1, 0.15) is 18.9 Å². The highest BCUT2D eigenvalue weighted by molar-refractivity contribution is 7.92. The maximum absolute atomic E-state index is 11.9. The van der Waals surface area contributed by atoms with Crippen molar-refractivity contribution in [1.29, 1.82) is 5.26 Å². The summed E-state index contributed by atoms with van der Waals surface area (Å²) >= 11 is 0. The molecule has 0 saturated carbocycles. The van der Waals surface area contributed by atoms with Gasteiger partial charge in [0.1, 0.15) is 5.75 Å². The van der Waals surface area contributed by atoms with Crippen LogP contribution < -0.4 is 9.46 Å². The van der Waals surface area contributed by atoms with Crippen molar-refractivity contribution < 1.29 is 22.7 Å². The van der Waals surface area contributed by atoms with Crippen LogP contribution in [-0.2, 0) is 19.6 Å². The van der Waals surface area contributed by atoms with Gasteiger partial charge in [0.05, 0.1) is 43.2 Å². The van der Waals surface area contributed by atoms with Crippen molar-refractivity contribution in [2.45, 2.75) is 13.3 Å². The lowest BCUT2D eigenvalue weighted by molar-refractivity contribution is -0.142. The lowest BCUT2D eigenvalue weighted by Crippen LogP contribution is -2.20. The lowest BCUT2D eigenvalue weighted by atomic mass is 10.2. The van der Waals surface area contributed by atoms with E-state index in [1.807, 2.05) is 6.07 Å². The number of esters is 1. The van der Waals surface area contributed by atoms with E-state index in [1.165, 1.54) is 25.3 Å². The topological polar surface area (TPSA) is 105 Å². The quantitative estimate of drug-likeness (QED) is 0.760. The van der Waals surface area contributed by atoms with Crippen LogP contribution >= 0.6 is 0 Å². The average molecular weight is 312 g/mol. The molecule has 0 aliphatic heterocycles. The molecular weight excluding hydrogens is 296 g/mol. The molecule has 0 saturated heterocycles. The highest BCUT2D eigenvalue weighted by Crippen LogP contribution is 2.26. The first kappa shape index (κ1) is 16.8. The number of rotatable bonds is 7. The molecule has 1 aromatic carbocycles. The lowest BCUT2D eigenvalue weighted by Gasteiger charge is -2.11. The van der Waals surface area contributed by atoms with Crippen molar-refractivity contribution in [2.75, 3.05) is 24.2 Å². The fraction of sp³-hybridized carbons (Fsp3) is 0.385. The predicted octanol–water partition coefficient (Wildman–Crippen LogP) is 1.26. The van der Waals surface area contributed by atoms with Crippen LogP contribution in [0.4, 0.5) is 5.69 Å². The van der Waals surface area contributed by atoms with Gasteiger partial charge in [-0.05, 0) is 19.1 Å². The Kier molecular flexibility index (Phi) is 5.99. The van der Waals surface area contributed by atoms with Gasteiger partial charge in [0.15, 0.2) is 0 Å². The van der Waals surface area contributed by atoms with Crippen LogP contribution in [0.15, 0.2) is 18.2 Å². The Morgan fingerprint density at radius 2 is 2.14 bits per heavy atom. The monoisotopic (exact) mass is 312 g/mol. The highest BCUT2D eigenvalue weighted by Gasteiger charge is 2.16. The molecule has 0 radical (unpaired) electrons. The van der Waals surface area contributed by atoms with Gasteiger partial charge in [-0.2, -0.15) is 5.26 Å². The van der Waals surface area contributed by atoms with Gasteiger partial charge in [-0.3, -0.25) is 9.52 Å². The minimum atomic E-state index is -3.71. The molecule has 0 aromatic heterocycles. The van der Waals surface area contributed by atoms with E-state index in [1.54, 1.807) is 6.92 Å². The van der Waals surface area contributed by atoms with Crippen molar-refractivity contribution in [3.63, 3.8) is 0 Å². The third-order valence-electron chi connectivity index (χ3n) is 2.48. The summed E-state index contributed by atoms with van der Waals surface area (Å²) in [6, 6.07) is 6.24. The van der Waals surface area contributed by atoms with Crippen LogP contribution in [0.3, 0.4) is 0 Å². The summed E-state index contributed by atoms with van der Waals surface area (Å²) in [5.41, 5.74) is 0.557. The molecule has 7 nitrogen and oxygen atoms in total. The largest absolute Gasteiger partial charge is 0.495 e. The maximum Gasteiger partial charge on any atom is 0.306 e. The van der Waals surface area contributed by atoms with Gasteiger partial charge in [0, 0.05) is 6.07 Å². The molecule has 1 aromatic rings. The summed E-state index contributed by atoms with van der Waals surface area (Å²) < 4.78 is 35.8. The van der Waals surface area contributed by atoms with Crippen LogP contribution in [-0.4, -0.2) is 33.9 Å². The summed E-state index contributed by atoms with van der Waals surface area (Å²) in [5, 5.41) is 8.78. The number of methoxy groups -OCH3 is 1. The minimum absolute atomic E-state index is 0.204. The Hall–Kier alpha value is -2.27. The number of hydrogen-bond acceptors (Lipinski definition) is 6. The molecule has 21 heavy (non-hydrogen) atoms. The van der Waals surface area contributed by atoms with Gasteiger partial charge in [-0.15, -0.1) is 0 Å². The molecule has 0 fully saturated rings. The number of nitrogens with one attached hydrogen (secondary N) is 1. The van der Waals surface area contributed by atoms with Crippen molar-refractivity contribution in [3.05, 3.63) is 23.8 Å². The maximum atomic E-state index is 11.9. The van der Waals surface area contributed by atoms with Crippen LogP contribution in [0.2, 0.25) is 0 Å². The van der Waals surface area contributed by atoms with Crippen molar-refractivity contribution in [1.82, 2.24) is 0 Å². The van der Waals surface area contributed by atoms with E-state index in [-0.39, 0.29) is 24.5 Å². The van der Waals surface area contributed by atoms with E-state index in [0.717, 1.165) is 0 Å². The predicted molar refractivity (Wildman–Crippen MR) is 76.4 cm³/mol. The van der Waals surface area contributed by atoms with Crippen molar-refractivity contribution in [3.8, 4) is 11.8 Å². The smallest absolute Gasteiger partial charge is 0.306 e. The van der Waals surface area contributed by atoms with Gasteiger partial charge in [0.25, 0.3) is 0 Å². The second kappa shape index (κ2) is 7.50. The van der Waals surface area contributed by atoms with E-state index in [4.69, 9.17) is 10.00 Å².